The normalized spacial score (nSPS) is 10.7. The number of amides is 2. The Balaban J connectivity index is 1.38. The van der Waals surface area contributed by atoms with E-state index < -0.39 is 16.8 Å². The third-order valence-corrected chi connectivity index (χ3v) is 6.04. The number of nitrogens with one attached hydrogen (secondary N) is 2. The first-order chi connectivity index (χ1) is 19.2. The molecule has 0 fully saturated rings. The van der Waals surface area contributed by atoms with E-state index in [1.54, 1.807) is 60.7 Å². The van der Waals surface area contributed by atoms with E-state index in [-0.39, 0.29) is 22.9 Å². The number of nitro benzene ring substituents is 1. The summed E-state index contributed by atoms with van der Waals surface area (Å²) in [7, 11) is 0. The molecule has 0 spiro atoms. The van der Waals surface area contributed by atoms with Crippen LogP contribution in [0.2, 0.25) is 0 Å². The first kappa shape index (κ1) is 27.9. The van der Waals surface area contributed by atoms with Crippen molar-refractivity contribution >= 4 is 51.3 Å². The number of nitrogens with zero attached hydrogens (tertiary/aromatic N) is 2. The van der Waals surface area contributed by atoms with Crippen molar-refractivity contribution < 1.29 is 24.0 Å². The van der Waals surface area contributed by atoms with Gasteiger partial charge < -0.3 is 10.1 Å². The summed E-state index contributed by atoms with van der Waals surface area (Å²) in [5, 5.41) is 17.6. The number of benzene rings is 4. The van der Waals surface area contributed by atoms with Gasteiger partial charge in [-0.15, -0.1) is 0 Å². The monoisotopic (exact) mass is 600 g/mol. The van der Waals surface area contributed by atoms with Crippen LogP contribution in [0.25, 0.3) is 0 Å². The summed E-state index contributed by atoms with van der Waals surface area (Å²) in [6.07, 6.45) is 1.32. The smallest absolute Gasteiger partial charge is 0.343 e. The molecule has 0 heterocycles. The van der Waals surface area contributed by atoms with Crippen molar-refractivity contribution in [2.45, 2.75) is 6.92 Å². The fourth-order valence-corrected chi connectivity index (χ4v) is 3.89. The Kier molecular flexibility index (Phi) is 8.77. The molecule has 10 nitrogen and oxygen atoms in total. The van der Waals surface area contributed by atoms with Gasteiger partial charge in [-0.1, -0.05) is 33.6 Å². The SMILES string of the molecule is Cc1cccc(C(=O)Nc2ccc(C(=O)N/N=C\c3cc(Br)ccc3OC(=O)c3ccc([N+](=O)[O-])cc3)cc2)c1. The number of aryl methyl sites for hydroxylation is 1. The molecule has 0 aromatic heterocycles. The van der Waals surface area contributed by atoms with Gasteiger partial charge in [-0.25, -0.2) is 10.2 Å². The Morgan fingerprint density at radius 2 is 1.57 bits per heavy atom. The summed E-state index contributed by atoms with van der Waals surface area (Å²) >= 11 is 3.35. The van der Waals surface area contributed by atoms with Crippen LogP contribution < -0.4 is 15.5 Å². The lowest BCUT2D eigenvalue weighted by Gasteiger charge is -2.08. The Morgan fingerprint density at radius 3 is 2.25 bits per heavy atom. The number of hydrazone groups is 1. The third kappa shape index (κ3) is 7.23. The van der Waals surface area contributed by atoms with Gasteiger partial charge >= 0.3 is 5.97 Å². The molecule has 0 atom stereocenters. The van der Waals surface area contributed by atoms with Crippen LogP contribution >= 0.6 is 15.9 Å². The molecule has 0 aliphatic heterocycles. The Bertz CT molecular complexity index is 1620. The molecule has 0 saturated heterocycles. The van der Waals surface area contributed by atoms with Gasteiger partial charge in [0.2, 0.25) is 0 Å². The minimum absolute atomic E-state index is 0.128. The predicted octanol–water partition coefficient (Wildman–Crippen LogP) is 5.90. The molecule has 2 amide bonds. The maximum atomic E-state index is 12.6. The number of ether oxygens (including phenoxy) is 1. The fraction of sp³-hybridized carbons (Fsp3) is 0.0345. The van der Waals surface area contributed by atoms with Crippen LogP contribution in [0.3, 0.4) is 0 Å². The highest BCUT2D eigenvalue weighted by Crippen LogP contribution is 2.23. The van der Waals surface area contributed by atoms with Crippen LogP contribution in [-0.2, 0) is 0 Å². The standard InChI is InChI=1S/C29H21BrN4O6/c1-18-3-2-4-21(15-18)27(35)32-24-10-5-19(6-11-24)28(36)33-31-17-22-16-23(30)9-14-26(22)40-29(37)20-7-12-25(13-8-20)34(38)39/h2-17H,1H3,(H,32,35)(H,33,36)/b31-17-. The van der Waals surface area contributed by atoms with Crippen molar-refractivity contribution in [3.05, 3.63) is 133 Å². The number of anilines is 1. The van der Waals surface area contributed by atoms with Crippen LogP contribution in [0.4, 0.5) is 11.4 Å². The highest BCUT2D eigenvalue weighted by molar-refractivity contribution is 9.10. The van der Waals surface area contributed by atoms with Gasteiger partial charge in [0.15, 0.2) is 0 Å². The minimum atomic E-state index is -0.717. The quantitative estimate of drug-likeness (QED) is 0.0848. The molecule has 40 heavy (non-hydrogen) atoms. The number of esters is 1. The number of hydrogen-bond donors (Lipinski definition) is 2. The Morgan fingerprint density at radius 1 is 0.875 bits per heavy atom. The molecule has 0 radical (unpaired) electrons. The van der Waals surface area contributed by atoms with Gasteiger partial charge in [0.25, 0.3) is 17.5 Å². The van der Waals surface area contributed by atoms with Crippen molar-refractivity contribution in [1.29, 1.82) is 0 Å². The summed E-state index contributed by atoms with van der Waals surface area (Å²) in [4.78, 5) is 47.8. The molecule has 11 heteroatoms. The summed E-state index contributed by atoms with van der Waals surface area (Å²) in [5.41, 5.74) is 5.12. The van der Waals surface area contributed by atoms with E-state index in [1.807, 2.05) is 13.0 Å². The summed E-state index contributed by atoms with van der Waals surface area (Å²) in [6, 6.07) is 23.4. The minimum Gasteiger partial charge on any atom is -0.422 e. The van der Waals surface area contributed by atoms with Crippen molar-refractivity contribution in [2.24, 2.45) is 5.10 Å². The van der Waals surface area contributed by atoms with Crippen LogP contribution in [0, 0.1) is 17.0 Å². The van der Waals surface area contributed by atoms with E-state index in [1.165, 1.54) is 30.5 Å². The number of non-ortho nitro benzene ring substituents is 1. The lowest BCUT2D eigenvalue weighted by Crippen LogP contribution is -2.18. The van der Waals surface area contributed by atoms with E-state index in [0.717, 1.165) is 5.56 Å². The summed E-state index contributed by atoms with van der Waals surface area (Å²) < 4.78 is 6.12. The van der Waals surface area contributed by atoms with E-state index in [9.17, 15) is 24.5 Å². The van der Waals surface area contributed by atoms with Crippen molar-refractivity contribution in [3.8, 4) is 5.75 Å². The lowest BCUT2D eigenvalue weighted by molar-refractivity contribution is -0.384. The second-order valence-electron chi connectivity index (χ2n) is 8.48. The second kappa shape index (κ2) is 12.6. The predicted molar refractivity (Wildman–Crippen MR) is 153 cm³/mol. The van der Waals surface area contributed by atoms with Gasteiger partial charge in [-0.2, -0.15) is 5.10 Å². The topological polar surface area (TPSA) is 140 Å². The maximum Gasteiger partial charge on any atom is 0.343 e. The van der Waals surface area contributed by atoms with Crippen molar-refractivity contribution in [3.63, 3.8) is 0 Å². The Labute approximate surface area is 237 Å². The number of halogens is 1. The zero-order valence-corrected chi connectivity index (χ0v) is 22.5. The molecule has 2 N–H and O–H groups in total. The first-order valence-corrected chi connectivity index (χ1v) is 12.6. The molecule has 0 bridgehead atoms. The van der Waals surface area contributed by atoms with Crippen LogP contribution in [0.1, 0.15) is 42.2 Å². The number of nitro groups is 1. The summed E-state index contributed by atoms with van der Waals surface area (Å²) in [5.74, 6) is -1.31. The second-order valence-corrected chi connectivity index (χ2v) is 9.39. The Hall–Kier alpha value is -5.16. The third-order valence-electron chi connectivity index (χ3n) is 5.54. The van der Waals surface area contributed by atoms with Gasteiger partial charge in [0.05, 0.1) is 16.7 Å². The maximum absolute atomic E-state index is 12.6. The number of carbonyl (C=O) groups is 3. The van der Waals surface area contributed by atoms with Crippen LogP contribution in [-0.4, -0.2) is 28.9 Å². The largest absolute Gasteiger partial charge is 0.422 e. The molecule has 0 unspecified atom stereocenters. The van der Waals surface area contributed by atoms with E-state index >= 15 is 0 Å². The highest BCUT2D eigenvalue weighted by Gasteiger charge is 2.14. The number of carbonyl (C=O) groups excluding carboxylic acids is 3. The molecular formula is C29H21BrN4O6. The molecule has 4 aromatic carbocycles. The van der Waals surface area contributed by atoms with Crippen LogP contribution in [0.15, 0.2) is 101 Å². The van der Waals surface area contributed by atoms with E-state index in [0.29, 0.717) is 26.9 Å². The lowest BCUT2D eigenvalue weighted by atomic mass is 10.1. The average Bonchev–Trinajstić information content (AvgIpc) is 2.94. The molecular weight excluding hydrogens is 580 g/mol. The highest BCUT2D eigenvalue weighted by atomic mass is 79.9. The van der Waals surface area contributed by atoms with Crippen molar-refractivity contribution in [1.82, 2.24) is 5.43 Å². The van der Waals surface area contributed by atoms with Gasteiger partial charge in [-0.3, -0.25) is 19.7 Å². The summed E-state index contributed by atoms with van der Waals surface area (Å²) in [6.45, 7) is 1.90. The number of rotatable bonds is 8. The first-order valence-electron chi connectivity index (χ1n) is 11.8. The molecule has 4 aromatic rings. The molecule has 0 aliphatic rings. The fourth-order valence-electron chi connectivity index (χ4n) is 3.51. The zero-order chi connectivity index (χ0) is 28.6. The molecule has 0 saturated carbocycles. The van der Waals surface area contributed by atoms with Gasteiger partial charge in [0.1, 0.15) is 5.75 Å². The van der Waals surface area contributed by atoms with Gasteiger partial charge in [-0.05, 0) is 73.7 Å². The van der Waals surface area contributed by atoms with Crippen LogP contribution in [0.5, 0.6) is 5.75 Å². The molecule has 0 aliphatic carbocycles. The molecule has 4 rings (SSSR count). The van der Waals surface area contributed by atoms with Crippen molar-refractivity contribution in [2.75, 3.05) is 5.32 Å². The molecule has 200 valence electrons. The van der Waals surface area contributed by atoms with E-state index in [4.69, 9.17) is 4.74 Å². The van der Waals surface area contributed by atoms with E-state index in [2.05, 4.69) is 31.8 Å². The van der Waals surface area contributed by atoms with Gasteiger partial charge in [0, 0.05) is 39.0 Å². The zero-order valence-electron chi connectivity index (χ0n) is 21.0. The average molecular weight is 601 g/mol. The number of hydrogen-bond acceptors (Lipinski definition) is 7.